The quantitative estimate of drug-likeness (QED) is 0.231. The normalized spacial score (nSPS) is 17.1. The van der Waals surface area contributed by atoms with E-state index in [4.69, 9.17) is 38.3 Å². The Morgan fingerprint density at radius 3 is 2.55 bits per heavy atom. The average molecular weight is 705 g/mol. The summed E-state index contributed by atoms with van der Waals surface area (Å²) in [5.74, 6) is 0.677. The smallest absolute Gasteiger partial charge is 0.415 e. The van der Waals surface area contributed by atoms with E-state index in [2.05, 4.69) is 15.0 Å². The summed E-state index contributed by atoms with van der Waals surface area (Å²) in [5, 5.41) is 17.2. The van der Waals surface area contributed by atoms with Gasteiger partial charge in [0.05, 0.1) is 28.5 Å². The summed E-state index contributed by atoms with van der Waals surface area (Å²) >= 11 is 5.86. The number of ether oxygens (including phenoxy) is 1. The monoisotopic (exact) mass is 704 g/mol. The van der Waals surface area contributed by atoms with Crippen LogP contribution >= 0.6 is 11.6 Å². The van der Waals surface area contributed by atoms with Crippen LogP contribution in [0.25, 0.3) is 11.1 Å². The Bertz CT molecular complexity index is 1670. The first kappa shape index (κ1) is 37.5. The lowest BCUT2D eigenvalue weighted by Gasteiger charge is -2.32. The summed E-state index contributed by atoms with van der Waals surface area (Å²) in [6, 6.07) is 5.13. The number of carbonyl (C=O) groups is 2. The van der Waals surface area contributed by atoms with E-state index >= 15 is 0 Å². The molecule has 1 aromatic carbocycles. The van der Waals surface area contributed by atoms with E-state index in [1.165, 1.54) is 17.3 Å². The van der Waals surface area contributed by atoms with Crippen molar-refractivity contribution in [1.29, 1.82) is 5.41 Å². The minimum Gasteiger partial charge on any atom is -0.482 e. The van der Waals surface area contributed by atoms with Crippen LogP contribution in [0.2, 0.25) is 5.02 Å². The summed E-state index contributed by atoms with van der Waals surface area (Å²) in [4.78, 5) is 41.1. The van der Waals surface area contributed by atoms with Gasteiger partial charge in [0.2, 0.25) is 0 Å². The molecule has 1 saturated heterocycles. The standard InChI is InChI=1S/C24H24ClN7O3.C9H16F3NO/c1-12(2)5-16-22(24(28)34)21(15(7-26)23(27)31-16)13-3-4-17-18(6-13)35-11-20(33)32(17)10-19-29-8-14(25)9-30-19;1-7-3-2-4-13(5-7)6-8(14)9(10,11)12/h3-4,6-9,12,26H,5,10-11H2,1-2H3,(H2,27,31)(H2,28,34);7-8,14H,2-6H2,1H3. The topological polar surface area (TPSA) is 185 Å². The number of fused-ring (bicyclic) bond motifs is 1. The molecule has 6 N–H and O–H groups in total. The van der Waals surface area contributed by atoms with Gasteiger partial charge in [-0.2, -0.15) is 13.2 Å². The first-order valence-corrected chi connectivity index (χ1v) is 16.1. The maximum absolute atomic E-state index is 12.6. The number of carbonyl (C=O) groups excluding carboxylic acids is 2. The van der Waals surface area contributed by atoms with Gasteiger partial charge in [-0.25, -0.2) is 15.0 Å². The number of aliphatic hydroxyl groups is 1. The number of primary amides is 1. The first-order valence-electron chi connectivity index (χ1n) is 15.7. The van der Waals surface area contributed by atoms with Crippen molar-refractivity contribution >= 4 is 41.1 Å². The van der Waals surface area contributed by atoms with Crippen molar-refractivity contribution in [2.75, 3.05) is 36.9 Å². The van der Waals surface area contributed by atoms with Crippen LogP contribution in [0, 0.1) is 17.2 Å². The minimum absolute atomic E-state index is 0.130. The van der Waals surface area contributed by atoms with Gasteiger partial charge in [0.15, 0.2) is 12.7 Å². The number of likely N-dealkylation sites (tertiary alicyclic amines) is 1. The predicted molar refractivity (Wildman–Crippen MR) is 180 cm³/mol. The fourth-order valence-corrected chi connectivity index (χ4v) is 5.91. The number of rotatable bonds is 9. The fourth-order valence-electron chi connectivity index (χ4n) is 5.81. The van der Waals surface area contributed by atoms with Gasteiger partial charge in [0, 0.05) is 42.8 Å². The molecule has 12 nitrogen and oxygen atoms in total. The Balaban J connectivity index is 0.000000324. The molecule has 16 heteroatoms. The molecule has 0 spiro atoms. The molecule has 3 aromatic rings. The number of halogens is 4. The van der Waals surface area contributed by atoms with Crippen molar-refractivity contribution in [3.05, 3.63) is 58.3 Å². The van der Waals surface area contributed by atoms with E-state index in [0.29, 0.717) is 64.5 Å². The van der Waals surface area contributed by atoms with Gasteiger partial charge in [-0.3, -0.25) is 14.5 Å². The number of anilines is 2. The molecule has 264 valence electrons. The van der Waals surface area contributed by atoms with Gasteiger partial charge in [-0.05, 0) is 55.3 Å². The van der Waals surface area contributed by atoms with Gasteiger partial charge < -0.3 is 31.6 Å². The van der Waals surface area contributed by atoms with Gasteiger partial charge in [-0.1, -0.05) is 38.4 Å². The van der Waals surface area contributed by atoms with Crippen molar-refractivity contribution < 1.29 is 32.6 Å². The van der Waals surface area contributed by atoms with E-state index in [0.717, 1.165) is 19.1 Å². The highest BCUT2D eigenvalue weighted by molar-refractivity contribution is 6.30. The molecule has 1 fully saturated rings. The Kier molecular flexibility index (Phi) is 12.2. The number of aliphatic hydroxyl groups excluding tert-OH is 1. The van der Waals surface area contributed by atoms with E-state index in [1.807, 2.05) is 20.8 Å². The molecule has 5 rings (SSSR count). The number of hydrogen-bond acceptors (Lipinski definition) is 10. The molecule has 49 heavy (non-hydrogen) atoms. The Morgan fingerprint density at radius 2 is 1.96 bits per heavy atom. The molecule has 2 atom stereocenters. The lowest BCUT2D eigenvalue weighted by atomic mass is 9.90. The molecule has 0 radical (unpaired) electrons. The fraction of sp³-hybridized carbons (Fsp3) is 0.455. The number of aromatic nitrogens is 3. The summed E-state index contributed by atoms with van der Waals surface area (Å²) < 4.78 is 41.8. The van der Waals surface area contributed by atoms with E-state index in [-0.39, 0.29) is 48.5 Å². The first-order chi connectivity index (χ1) is 23.1. The number of nitrogens with one attached hydrogen (secondary N) is 1. The Labute approximate surface area is 287 Å². The van der Waals surface area contributed by atoms with Crippen LogP contribution in [0.5, 0.6) is 5.75 Å². The van der Waals surface area contributed by atoms with E-state index < -0.39 is 18.2 Å². The van der Waals surface area contributed by atoms with Gasteiger partial charge in [-0.15, -0.1) is 0 Å². The minimum atomic E-state index is -4.49. The lowest BCUT2D eigenvalue weighted by Crippen LogP contribution is -2.44. The van der Waals surface area contributed by atoms with Crippen LogP contribution in [0.4, 0.5) is 24.7 Å². The maximum atomic E-state index is 12.6. The number of hydrogen-bond donors (Lipinski definition) is 4. The number of nitrogens with zero attached hydrogens (tertiary/aromatic N) is 5. The van der Waals surface area contributed by atoms with Crippen LogP contribution in [0.3, 0.4) is 0 Å². The highest BCUT2D eigenvalue weighted by atomic mass is 35.5. The number of nitrogens with two attached hydrogens (primary N) is 2. The number of β-amino-alcohol motifs (C(OH)–C–C–N with tert-alkyl or cyclic N) is 1. The van der Waals surface area contributed by atoms with Crippen LogP contribution in [-0.4, -0.2) is 81.5 Å². The second-order valence-corrected chi connectivity index (χ2v) is 13.0. The largest absolute Gasteiger partial charge is 0.482 e. The van der Waals surface area contributed by atoms with Crippen molar-refractivity contribution in [2.45, 2.75) is 58.9 Å². The molecule has 2 unspecified atom stereocenters. The van der Waals surface area contributed by atoms with Gasteiger partial charge in [0.1, 0.15) is 17.4 Å². The number of alkyl halides is 3. The second-order valence-electron chi connectivity index (χ2n) is 12.5. The van der Waals surface area contributed by atoms with Crippen LogP contribution in [0.1, 0.15) is 61.1 Å². The zero-order valence-corrected chi connectivity index (χ0v) is 28.2. The third kappa shape index (κ3) is 9.43. The van der Waals surface area contributed by atoms with Crippen molar-refractivity contribution in [3.8, 4) is 16.9 Å². The number of benzene rings is 1. The number of nitrogen functional groups attached to an aromatic ring is 1. The highest BCUT2D eigenvalue weighted by Crippen LogP contribution is 2.40. The van der Waals surface area contributed by atoms with Crippen molar-refractivity contribution in [2.24, 2.45) is 17.6 Å². The number of piperidine rings is 1. The van der Waals surface area contributed by atoms with E-state index in [1.54, 1.807) is 23.1 Å². The van der Waals surface area contributed by atoms with Crippen LogP contribution in [0.15, 0.2) is 30.6 Å². The molecule has 2 aliphatic heterocycles. The Morgan fingerprint density at radius 1 is 1.27 bits per heavy atom. The summed E-state index contributed by atoms with van der Waals surface area (Å²) in [7, 11) is 0. The SMILES string of the molecule is CC(C)Cc1nc(N)c(C=N)c(-c2ccc3c(c2)OCC(=O)N3Cc2ncc(Cl)cn2)c1C(N)=O.CC1CCCN(CC(O)C(F)(F)F)C1. The summed E-state index contributed by atoms with van der Waals surface area (Å²) in [6.07, 6.45) is -0.231. The zero-order valence-electron chi connectivity index (χ0n) is 27.4. The second kappa shape index (κ2) is 15.9. The van der Waals surface area contributed by atoms with Crippen LogP contribution < -0.4 is 21.1 Å². The molecule has 2 amide bonds. The van der Waals surface area contributed by atoms with Crippen LogP contribution in [-0.2, 0) is 17.8 Å². The Hall–Kier alpha value is -4.34. The predicted octanol–water partition coefficient (Wildman–Crippen LogP) is 4.64. The molecule has 2 aliphatic rings. The maximum Gasteiger partial charge on any atom is 0.415 e. The molecule has 4 heterocycles. The molecular weight excluding hydrogens is 665 g/mol. The summed E-state index contributed by atoms with van der Waals surface area (Å²) in [5.41, 5.74) is 14.4. The van der Waals surface area contributed by atoms with Crippen molar-refractivity contribution in [3.63, 3.8) is 0 Å². The molecule has 0 bridgehead atoms. The summed E-state index contributed by atoms with van der Waals surface area (Å²) in [6.45, 7) is 7.00. The zero-order chi connectivity index (χ0) is 36.0. The lowest BCUT2D eigenvalue weighted by molar-refractivity contribution is -0.209. The highest BCUT2D eigenvalue weighted by Gasteiger charge is 2.39. The average Bonchev–Trinajstić information content (AvgIpc) is 3.02. The van der Waals surface area contributed by atoms with E-state index in [9.17, 15) is 22.8 Å². The van der Waals surface area contributed by atoms with Gasteiger partial charge >= 0.3 is 6.18 Å². The molecule has 0 aliphatic carbocycles. The molecule has 2 aromatic heterocycles. The number of amides is 2. The number of pyridine rings is 1. The third-order valence-corrected chi connectivity index (χ3v) is 8.24. The van der Waals surface area contributed by atoms with Crippen molar-refractivity contribution in [1.82, 2.24) is 19.9 Å². The molecular formula is C33H40ClF3N8O4. The molecule has 0 saturated carbocycles. The third-order valence-electron chi connectivity index (χ3n) is 8.05. The van der Waals surface area contributed by atoms with Gasteiger partial charge in [0.25, 0.3) is 11.8 Å².